The van der Waals surface area contributed by atoms with Crippen molar-refractivity contribution in [3.63, 3.8) is 0 Å². The fourth-order valence-corrected chi connectivity index (χ4v) is 3.48. The summed E-state index contributed by atoms with van der Waals surface area (Å²) in [6.07, 6.45) is 1.94. The number of aromatic nitrogens is 2. The van der Waals surface area contributed by atoms with Crippen molar-refractivity contribution >= 4 is 41.0 Å². The zero-order chi connectivity index (χ0) is 12.1. The highest BCUT2D eigenvalue weighted by Crippen LogP contribution is 2.23. The van der Waals surface area contributed by atoms with Gasteiger partial charge in [0.15, 0.2) is 4.34 Å². The van der Waals surface area contributed by atoms with Gasteiger partial charge in [-0.15, -0.1) is 0 Å². The van der Waals surface area contributed by atoms with Crippen molar-refractivity contribution in [2.24, 2.45) is 0 Å². The first-order valence-electron chi connectivity index (χ1n) is 5.15. The minimum atomic E-state index is 0.152. The largest absolute Gasteiger partial charge is 0.378 e. The van der Waals surface area contributed by atoms with Gasteiger partial charge in [0, 0.05) is 13.1 Å². The molecule has 1 aromatic rings. The van der Waals surface area contributed by atoms with Crippen LogP contribution in [0.3, 0.4) is 0 Å². The van der Waals surface area contributed by atoms with Crippen LogP contribution in [-0.4, -0.2) is 58.5 Å². The van der Waals surface area contributed by atoms with E-state index in [2.05, 4.69) is 9.36 Å². The molecule has 0 atom stereocenters. The molecule has 2 heterocycles. The van der Waals surface area contributed by atoms with Crippen LogP contribution in [0.1, 0.15) is 0 Å². The molecular formula is C9H13N3O2S3. The highest BCUT2D eigenvalue weighted by molar-refractivity contribution is 8.01. The van der Waals surface area contributed by atoms with Gasteiger partial charge in [0.25, 0.3) is 0 Å². The summed E-state index contributed by atoms with van der Waals surface area (Å²) in [6.45, 7) is 2.69. The van der Waals surface area contributed by atoms with Gasteiger partial charge in [-0.1, -0.05) is 23.5 Å². The van der Waals surface area contributed by atoms with Crippen LogP contribution in [0.5, 0.6) is 0 Å². The van der Waals surface area contributed by atoms with E-state index in [9.17, 15) is 4.79 Å². The molecule has 1 aliphatic rings. The van der Waals surface area contributed by atoms with Gasteiger partial charge < -0.3 is 9.64 Å². The van der Waals surface area contributed by atoms with Crippen LogP contribution in [0.15, 0.2) is 9.50 Å². The first-order valence-corrected chi connectivity index (χ1v) is 8.14. The first-order chi connectivity index (χ1) is 8.29. The monoisotopic (exact) mass is 291 g/mol. The molecule has 1 aliphatic heterocycles. The maximum atomic E-state index is 11.8. The van der Waals surface area contributed by atoms with Crippen LogP contribution >= 0.6 is 35.1 Å². The topological polar surface area (TPSA) is 55.3 Å². The Morgan fingerprint density at radius 3 is 2.94 bits per heavy atom. The molecule has 0 unspecified atom stereocenters. The van der Waals surface area contributed by atoms with Crippen molar-refractivity contribution in [1.29, 1.82) is 0 Å². The molecule has 0 radical (unpaired) electrons. The van der Waals surface area contributed by atoms with Crippen molar-refractivity contribution < 1.29 is 9.53 Å². The van der Waals surface area contributed by atoms with Gasteiger partial charge in [0.05, 0.1) is 19.0 Å². The Kier molecular flexibility index (Phi) is 5.08. The fraction of sp³-hybridized carbons (Fsp3) is 0.667. The lowest BCUT2D eigenvalue weighted by Crippen LogP contribution is -2.41. The Labute approximate surface area is 112 Å². The lowest BCUT2D eigenvalue weighted by molar-refractivity contribution is -0.132. The Bertz CT molecular complexity index is 379. The second-order valence-corrected chi connectivity index (χ2v) is 6.08. The number of hydrogen-bond donors (Lipinski definition) is 0. The minimum Gasteiger partial charge on any atom is -0.378 e. The summed E-state index contributed by atoms with van der Waals surface area (Å²) in [5, 5.41) is 0.774. The number of thioether (sulfide) groups is 2. The van der Waals surface area contributed by atoms with E-state index in [0.717, 1.165) is 9.50 Å². The summed E-state index contributed by atoms with van der Waals surface area (Å²) in [4.78, 5) is 18.0. The first kappa shape index (κ1) is 13.1. The molecule has 0 bridgehead atoms. The van der Waals surface area contributed by atoms with Gasteiger partial charge in [-0.3, -0.25) is 4.79 Å². The summed E-state index contributed by atoms with van der Waals surface area (Å²) in [7, 11) is 0. The number of carbonyl (C=O) groups is 1. The highest BCUT2D eigenvalue weighted by atomic mass is 32.2. The third-order valence-electron chi connectivity index (χ3n) is 2.25. The molecule has 0 N–H and O–H groups in total. The third kappa shape index (κ3) is 3.84. The van der Waals surface area contributed by atoms with Crippen LogP contribution in [0.2, 0.25) is 0 Å². The molecule has 0 aliphatic carbocycles. The van der Waals surface area contributed by atoms with Crippen LogP contribution < -0.4 is 0 Å². The standard InChI is InChI=1S/C9H13N3O2S3/c1-15-8-10-9(17-11-8)16-6-7(13)12-2-4-14-5-3-12/h2-6H2,1H3. The molecule has 2 rings (SSSR count). The van der Waals surface area contributed by atoms with Gasteiger partial charge in [0.1, 0.15) is 0 Å². The molecule has 1 amide bonds. The van der Waals surface area contributed by atoms with E-state index in [1.807, 2.05) is 11.2 Å². The van der Waals surface area contributed by atoms with Gasteiger partial charge in [-0.05, 0) is 17.8 Å². The zero-order valence-electron chi connectivity index (χ0n) is 9.42. The van der Waals surface area contributed by atoms with Crippen molar-refractivity contribution in [3.8, 4) is 0 Å². The van der Waals surface area contributed by atoms with E-state index in [4.69, 9.17) is 4.74 Å². The Morgan fingerprint density at radius 2 is 2.29 bits per heavy atom. The Morgan fingerprint density at radius 1 is 1.53 bits per heavy atom. The predicted molar refractivity (Wildman–Crippen MR) is 69.8 cm³/mol. The van der Waals surface area contributed by atoms with Crippen LogP contribution in [0, 0.1) is 0 Å². The maximum absolute atomic E-state index is 11.8. The molecule has 0 spiro atoms. The lowest BCUT2D eigenvalue weighted by atomic mass is 10.4. The number of carbonyl (C=O) groups excluding carboxylic acids is 1. The van der Waals surface area contributed by atoms with E-state index in [-0.39, 0.29) is 5.91 Å². The predicted octanol–water partition coefficient (Wildman–Crippen LogP) is 1.21. The summed E-state index contributed by atoms with van der Waals surface area (Å²) in [5.74, 6) is 0.586. The van der Waals surface area contributed by atoms with E-state index in [0.29, 0.717) is 32.1 Å². The van der Waals surface area contributed by atoms with Gasteiger partial charge in [-0.25, -0.2) is 4.98 Å². The highest BCUT2D eigenvalue weighted by Gasteiger charge is 2.17. The van der Waals surface area contributed by atoms with E-state index in [1.165, 1.54) is 35.1 Å². The molecule has 0 saturated carbocycles. The summed E-state index contributed by atoms with van der Waals surface area (Å²) in [5.41, 5.74) is 0. The Balaban J connectivity index is 1.78. The number of ether oxygens (including phenoxy) is 1. The number of morpholine rings is 1. The second kappa shape index (κ2) is 6.58. The number of hydrogen-bond acceptors (Lipinski definition) is 7. The van der Waals surface area contributed by atoms with Crippen molar-refractivity contribution in [2.75, 3.05) is 38.3 Å². The maximum Gasteiger partial charge on any atom is 0.233 e. The molecule has 0 aromatic carbocycles. The quantitative estimate of drug-likeness (QED) is 0.777. The number of amides is 1. The van der Waals surface area contributed by atoms with Crippen molar-refractivity contribution in [3.05, 3.63) is 0 Å². The molecule has 17 heavy (non-hydrogen) atoms. The summed E-state index contributed by atoms with van der Waals surface area (Å²) < 4.78 is 10.2. The molecule has 5 nitrogen and oxygen atoms in total. The number of rotatable bonds is 4. The molecule has 94 valence electrons. The Hall–Kier alpha value is -0.310. The van der Waals surface area contributed by atoms with Crippen LogP contribution in [0.25, 0.3) is 0 Å². The minimum absolute atomic E-state index is 0.152. The smallest absolute Gasteiger partial charge is 0.233 e. The number of nitrogens with zero attached hydrogens (tertiary/aromatic N) is 3. The van der Waals surface area contributed by atoms with Crippen molar-refractivity contribution in [1.82, 2.24) is 14.3 Å². The second-order valence-electron chi connectivity index (χ2n) is 3.33. The van der Waals surface area contributed by atoms with Gasteiger partial charge >= 0.3 is 0 Å². The molecule has 1 aromatic heterocycles. The molecule has 8 heteroatoms. The SMILES string of the molecule is CSc1nsc(SCC(=O)N2CCOCC2)n1. The molecular weight excluding hydrogens is 278 g/mol. The summed E-state index contributed by atoms with van der Waals surface area (Å²) >= 11 is 4.32. The van der Waals surface area contributed by atoms with Gasteiger partial charge in [-0.2, -0.15) is 4.37 Å². The zero-order valence-corrected chi connectivity index (χ0v) is 11.9. The fourth-order valence-electron chi connectivity index (χ4n) is 1.37. The van der Waals surface area contributed by atoms with E-state index >= 15 is 0 Å². The third-order valence-corrected chi connectivity index (χ3v) is 4.74. The average Bonchev–Trinajstić information content (AvgIpc) is 2.85. The average molecular weight is 291 g/mol. The normalized spacial score (nSPS) is 16.2. The summed E-state index contributed by atoms with van der Waals surface area (Å²) in [6, 6.07) is 0. The molecule has 1 saturated heterocycles. The van der Waals surface area contributed by atoms with Gasteiger partial charge in [0.2, 0.25) is 11.1 Å². The van der Waals surface area contributed by atoms with E-state index < -0.39 is 0 Å². The molecule has 1 fully saturated rings. The van der Waals surface area contributed by atoms with Crippen molar-refractivity contribution in [2.45, 2.75) is 9.50 Å². The lowest BCUT2D eigenvalue weighted by Gasteiger charge is -2.26. The van der Waals surface area contributed by atoms with Crippen LogP contribution in [-0.2, 0) is 9.53 Å². The van der Waals surface area contributed by atoms with Crippen LogP contribution in [0.4, 0.5) is 0 Å². The van der Waals surface area contributed by atoms with E-state index in [1.54, 1.807) is 0 Å².